The second kappa shape index (κ2) is 12.7. The molecule has 7 nitrogen and oxygen atoms in total. The van der Waals surface area contributed by atoms with Crippen LogP contribution in [0.15, 0.2) is 78.9 Å². The second-order valence-electron chi connectivity index (χ2n) is 12.5. The Morgan fingerprint density at radius 2 is 1.58 bits per heavy atom. The number of hydrogen-bond acceptors (Lipinski definition) is 6. The minimum atomic E-state index is -0.739. The van der Waals surface area contributed by atoms with Crippen LogP contribution in [0.5, 0.6) is 0 Å². The summed E-state index contributed by atoms with van der Waals surface area (Å²) in [5.41, 5.74) is 1.49. The molecule has 43 heavy (non-hydrogen) atoms. The number of likely N-dealkylation sites (tertiary alicyclic amines) is 1. The van der Waals surface area contributed by atoms with Crippen molar-refractivity contribution >= 4 is 23.3 Å². The Morgan fingerprint density at radius 3 is 2.26 bits per heavy atom. The molecule has 2 fully saturated rings. The van der Waals surface area contributed by atoms with Crippen LogP contribution in [-0.4, -0.2) is 64.9 Å². The Labute approximate surface area is 253 Å². The fourth-order valence-corrected chi connectivity index (χ4v) is 6.07. The third-order valence-electron chi connectivity index (χ3n) is 8.24. The van der Waals surface area contributed by atoms with Crippen molar-refractivity contribution in [2.24, 2.45) is 0 Å². The highest BCUT2D eigenvalue weighted by Crippen LogP contribution is 2.40. The van der Waals surface area contributed by atoms with E-state index in [1.165, 1.54) is 12.1 Å². The third-order valence-corrected chi connectivity index (χ3v) is 8.24. The molecule has 0 N–H and O–H groups in total. The van der Waals surface area contributed by atoms with Crippen LogP contribution in [0.2, 0.25) is 0 Å². The van der Waals surface area contributed by atoms with Gasteiger partial charge in [-0.3, -0.25) is 9.59 Å². The Balaban J connectivity index is 1.28. The van der Waals surface area contributed by atoms with E-state index in [-0.39, 0.29) is 17.5 Å². The molecule has 0 atom stereocenters. The number of carbonyl (C=O) groups excluding carboxylic acids is 3. The number of ether oxygens (including phenoxy) is 1. The van der Waals surface area contributed by atoms with Gasteiger partial charge in [-0.25, -0.2) is 9.18 Å². The number of rotatable bonds is 9. The fourth-order valence-electron chi connectivity index (χ4n) is 6.07. The van der Waals surface area contributed by atoms with Crippen LogP contribution < -0.4 is 4.90 Å². The second-order valence-corrected chi connectivity index (χ2v) is 12.5. The highest BCUT2D eigenvalue weighted by atomic mass is 19.1. The first-order chi connectivity index (χ1) is 20.5. The average molecular weight is 586 g/mol. The summed E-state index contributed by atoms with van der Waals surface area (Å²) in [4.78, 5) is 45.6. The SMILES string of the molecule is CC(C)(C)OC(=O)c1cccc(CN2CN(c3ccc(F)cc3)C3(CCN(CCCC(=O)c4ccccc4)CC3)C2=O)c1. The number of nitrogens with zero attached hydrogens (tertiary/aromatic N) is 3. The lowest BCUT2D eigenvalue weighted by Gasteiger charge is -2.43. The summed E-state index contributed by atoms with van der Waals surface area (Å²) < 4.78 is 19.4. The van der Waals surface area contributed by atoms with E-state index in [4.69, 9.17) is 4.74 Å². The summed E-state index contributed by atoms with van der Waals surface area (Å²) in [5, 5.41) is 0. The van der Waals surface area contributed by atoms with E-state index < -0.39 is 17.1 Å². The fraction of sp³-hybridized carbons (Fsp3) is 0.400. The van der Waals surface area contributed by atoms with Crippen molar-refractivity contribution in [2.75, 3.05) is 31.2 Å². The minimum absolute atomic E-state index is 0.0402. The molecule has 2 aliphatic heterocycles. The Bertz CT molecular complexity index is 1440. The molecule has 0 radical (unpaired) electrons. The number of benzene rings is 3. The molecule has 1 amide bonds. The summed E-state index contributed by atoms with van der Waals surface area (Å²) in [6.07, 6.45) is 2.51. The first-order valence-corrected chi connectivity index (χ1v) is 15.0. The Hall–Kier alpha value is -4.04. The number of esters is 1. The van der Waals surface area contributed by atoms with Crippen LogP contribution in [0.4, 0.5) is 10.1 Å². The van der Waals surface area contributed by atoms with Crippen LogP contribution in [0.25, 0.3) is 0 Å². The van der Waals surface area contributed by atoms with Crippen molar-refractivity contribution < 1.29 is 23.5 Å². The van der Waals surface area contributed by atoms with Gasteiger partial charge >= 0.3 is 5.97 Å². The first kappa shape index (κ1) is 30.4. The molecule has 0 aromatic heterocycles. The number of halogens is 1. The number of Topliss-reactive ketones (excluding diaryl/α,β-unsaturated/α-hetero) is 1. The lowest BCUT2D eigenvalue weighted by atomic mass is 9.85. The van der Waals surface area contributed by atoms with Gasteiger partial charge in [-0.1, -0.05) is 42.5 Å². The quantitative estimate of drug-likeness (QED) is 0.224. The Morgan fingerprint density at radius 1 is 0.907 bits per heavy atom. The minimum Gasteiger partial charge on any atom is -0.456 e. The number of hydrogen-bond donors (Lipinski definition) is 0. The van der Waals surface area contributed by atoms with Gasteiger partial charge in [-0.15, -0.1) is 0 Å². The monoisotopic (exact) mass is 585 g/mol. The van der Waals surface area contributed by atoms with Crippen LogP contribution in [0.3, 0.4) is 0 Å². The number of piperidine rings is 1. The Kier molecular flexibility index (Phi) is 8.97. The molecular weight excluding hydrogens is 545 g/mol. The van der Waals surface area contributed by atoms with Gasteiger partial charge in [0.15, 0.2) is 5.78 Å². The molecule has 2 aliphatic rings. The lowest BCUT2D eigenvalue weighted by Crippen LogP contribution is -2.56. The molecule has 2 saturated heterocycles. The van der Waals surface area contributed by atoms with Crippen LogP contribution in [-0.2, 0) is 16.1 Å². The van der Waals surface area contributed by atoms with Crippen LogP contribution in [0, 0.1) is 5.82 Å². The first-order valence-electron chi connectivity index (χ1n) is 15.0. The van der Waals surface area contributed by atoms with Gasteiger partial charge in [0.1, 0.15) is 17.0 Å². The molecule has 226 valence electrons. The van der Waals surface area contributed by atoms with Gasteiger partial charge in [0, 0.05) is 37.3 Å². The predicted octanol–water partition coefficient (Wildman–Crippen LogP) is 6.09. The molecule has 3 aromatic carbocycles. The predicted molar refractivity (Wildman–Crippen MR) is 164 cm³/mol. The average Bonchev–Trinajstić information content (AvgIpc) is 3.24. The molecule has 0 saturated carbocycles. The molecule has 0 aliphatic carbocycles. The highest BCUT2D eigenvalue weighted by Gasteiger charge is 2.53. The van der Waals surface area contributed by atoms with Crippen molar-refractivity contribution in [2.45, 2.75) is 64.1 Å². The molecule has 2 heterocycles. The lowest BCUT2D eigenvalue weighted by molar-refractivity contribution is -0.134. The van der Waals surface area contributed by atoms with E-state index in [0.29, 0.717) is 38.0 Å². The van der Waals surface area contributed by atoms with E-state index >= 15 is 0 Å². The zero-order valence-electron chi connectivity index (χ0n) is 25.2. The third kappa shape index (κ3) is 7.13. The molecule has 1 spiro atoms. The topological polar surface area (TPSA) is 70.2 Å². The van der Waals surface area contributed by atoms with E-state index in [2.05, 4.69) is 9.80 Å². The van der Waals surface area contributed by atoms with Gasteiger partial charge < -0.3 is 19.4 Å². The smallest absolute Gasteiger partial charge is 0.338 e. The number of amides is 1. The molecule has 0 unspecified atom stereocenters. The van der Waals surface area contributed by atoms with Gasteiger partial charge in [0.25, 0.3) is 0 Å². The molecular formula is C35H40FN3O4. The standard InChI is InChI=1S/C35H40FN3O4/c1-34(2,3)43-32(41)28-12-7-9-26(23-28)24-38-25-39(30-16-14-29(36)15-17-30)35(33(38)42)18-21-37(22-19-35)20-8-13-31(40)27-10-5-4-6-11-27/h4-7,9-12,14-17,23H,8,13,18-22,24-25H2,1-3H3. The molecule has 5 rings (SSSR count). The van der Waals surface area contributed by atoms with Crippen molar-refractivity contribution in [3.63, 3.8) is 0 Å². The van der Waals surface area contributed by atoms with E-state index in [0.717, 1.165) is 42.9 Å². The molecule has 3 aromatic rings. The highest BCUT2D eigenvalue weighted by molar-refractivity contribution is 5.96. The summed E-state index contributed by atoms with van der Waals surface area (Å²) in [7, 11) is 0. The zero-order valence-corrected chi connectivity index (χ0v) is 25.2. The van der Waals surface area contributed by atoms with E-state index in [1.54, 1.807) is 24.3 Å². The summed E-state index contributed by atoms with van der Waals surface area (Å²) in [6, 6.07) is 22.9. The van der Waals surface area contributed by atoms with E-state index in [1.807, 2.05) is 68.1 Å². The summed E-state index contributed by atoms with van der Waals surface area (Å²) >= 11 is 0. The summed E-state index contributed by atoms with van der Waals surface area (Å²) in [6.45, 7) is 8.45. The van der Waals surface area contributed by atoms with Crippen LogP contribution in [0.1, 0.15) is 72.7 Å². The molecule has 8 heteroatoms. The molecule has 0 bridgehead atoms. The number of ketones is 1. The van der Waals surface area contributed by atoms with Crippen molar-refractivity contribution in [1.29, 1.82) is 0 Å². The van der Waals surface area contributed by atoms with Crippen molar-refractivity contribution in [3.8, 4) is 0 Å². The van der Waals surface area contributed by atoms with Gasteiger partial charge in [0.2, 0.25) is 5.91 Å². The van der Waals surface area contributed by atoms with Gasteiger partial charge in [-0.2, -0.15) is 0 Å². The number of carbonyl (C=O) groups is 3. The van der Waals surface area contributed by atoms with Crippen molar-refractivity contribution in [3.05, 3.63) is 101 Å². The normalized spacial score (nSPS) is 17.0. The number of anilines is 1. The maximum Gasteiger partial charge on any atom is 0.338 e. The summed E-state index contributed by atoms with van der Waals surface area (Å²) in [5.74, 6) is -0.532. The zero-order chi connectivity index (χ0) is 30.6. The van der Waals surface area contributed by atoms with Crippen LogP contribution >= 0.6 is 0 Å². The van der Waals surface area contributed by atoms with Gasteiger partial charge in [0.05, 0.1) is 12.2 Å². The van der Waals surface area contributed by atoms with E-state index in [9.17, 15) is 18.8 Å². The van der Waals surface area contributed by atoms with Gasteiger partial charge in [-0.05, 0) is 88.5 Å². The maximum atomic E-state index is 14.2. The largest absolute Gasteiger partial charge is 0.456 e. The maximum absolute atomic E-state index is 14.2. The van der Waals surface area contributed by atoms with Crippen molar-refractivity contribution in [1.82, 2.24) is 9.80 Å².